The second-order valence-corrected chi connectivity index (χ2v) is 6.96. The summed E-state index contributed by atoms with van der Waals surface area (Å²) in [7, 11) is 0. The maximum Gasteiger partial charge on any atom is 0.280 e. The van der Waals surface area contributed by atoms with Crippen molar-refractivity contribution in [2.75, 3.05) is 12.3 Å². The summed E-state index contributed by atoms with van der Waals surface area (Å²) in [5, 5.41) is 10.4. The minimum atomic E-state index is -0.710. The standard InChI is InChI=1S/C19H23N5O4/c1-3-11-6-12(5-4-10(11)2)27-8-14-13(25)7-15(28-14)24-9-21-16-17(24)22-19(20)23-18(16)26/h4-6,9,13-15,25H,3,7-8H2,1-2H3,(H3,20,22,23,26)/t13-,14+,15+/m0/s1. The number of aryl methyl sites for hydroxylation is 2. The van der Waals surface area contributed by atoms with Crippen molar-refractivity contribution < 1.29 is 14.6 Å². The van der Waals surface area contributed by atoms with Crippen LogP contribution < -0.4 is 16.0 Å². The van der Waals surface area contributed by atoms with Gasteiger partial charge in [-0.2, -0.15) is 4.98 Å². The van der Waals surface area contributed by atoms with Gasteiger partial charge in [-0.15, -0.1) is 0 Å². The molecule has 9 heteroatoms. The Balaban J connectivity index is 1.49. The van der Waals surface area contributed by atoms with Gasteiger partial charge in [-0.05, 0) is 36.6 Å². The molecule has 4 rings (SSSR count). The van der Waals surface area contributed by atoms with Gasteiger partial charge in [-0.25, -0.2) is 4.98 Å². The Morgan fingerprint density at radius 2 is 2.29 bits per heavy atom. The molecule has 3 atom stereocenters. The lowest BCUT2D eigenvalue weighted by Crippen LogP contribution is -2.28. The second-order valence-electron chi connectivity index (χ2n) is 6.96. The normalized spacial score (nSPS) is 22.0. The molecule has 148 valence electrons. The van der Waals surface area contributed by atoms with Crippen molar-refractivity contribution in [3.8, 4) is 5.75 Å². The summed E-state index contributed by atoms with van der Waals surface area (Å²) in [6, 6.07) is 5.94. The number of imidazole rings is 1. The van der Waals surface area contributed by atoms with E-state index in [-0.39, 0.29) is 18.1 Å². The molecule has 0 bridgehead atoms. The number of aliphatic hydroxyl groups excluding tert-OH is 1. The SMILES string of the molecule is CCc1cc(OC[C@H]2O[C@@H](n3cnc4c(=O)[nH]c(N)nc43)C[C@@H]2O)ccc1C. The Hall–Kier alpha value is -2.91. The Kier molecular flexibility index (Phi) is 4.78. The van der Waals surface area contributed by atoms with Gasteiger partial charge in [0.15, 0.2) is 11.2 Å². The second kappa shape index (κ2) is 7.25. The van der Waals surface area contributed by atoms with Crippen molar-refractivity contribution in [2.45, 2.75) is 45.1 Å². The Bertz CT molecular complexity index is 1060. The fraction of sp³-hybridized carbons (Fsp3) is 0.421. The summed E-state index contributed by atoms with van der Waals surface area (Å²) < 4.78 is 13.4. The van der Waals surface area contributed by atoms with Gasteiger partial charge in [-0.3, -0.25) is 14.3 Å². The number of rotatable bonds is 5. The number of nitrogens with one attached hydrogen (secondary N) is 1. The number of nitrogens with two attached hydrogens (primary N) is 1. The molecule has 1 aliphatic heterocycles. The zero-order valence-electron chi connectivity index (χ0n) is 15.8. The van der Waals surface area contributed by atoms with Gasteiger partial charge in [0.1, 0.15) is 24.7 Å². The van der Waals surface area contributed by atoms with E-state index in [0.717, 1.165) is 12.2 Å². The maximum atomic E-state index is 11.9. The Morgan fingerprint density at radius 1 is 1.46 bits per heavy atom. The van der Waals surface area contributed by atoms with Crippen molar-refractivity contribution >= 4 is 17.1 Å². The van der Waals surface area contributed by atoms with Gasteiger partial charge in [0.25, 0.3) is 5.56 Å². The van der Waals surface area contributed by atoms with E-state index in [2.05, 4.69) is 28.8 Å². The summed E-state index contributed by atoms with van der Waals surface area (Å²) in [4.78, 5) is 22.6. The van der Waals surface area contributed by atoms with E-state index in [0.29, 0.717) is 12.1 Å². The van der Waals surface area contributed by atoms with Crippen molar-refractivity contribution in [3.63, 3.8) is 0 Å². The summed E-state index contributed by atoms with van der Waals surface area (Å²) in [6.45, 7) is 4.38. The van der Waals surface area contributed by atoms with Crippen LogP contribution in [0.4, 0.5) is 5.95 Å². The third-order valence-electron chi connectivity index (χ3n) is 5.08. The minimum Gasteiger partial charge on any atom is -0.491 e. The van der Waals surface area contributed by atoms with Gasteiger partial charge in [0.2, 0.25) is 5.95 Å². The molecule has 1 saturated heterocycles. The van der Waals surface area contributed by atoms with Crippen molar-refractivity contribution in [1.29, 1.82) is 0 Å². The summed E-state index contributed by atoms with van der Waals surface area (Å²) >= 11 is 0. The molecule has 0 saturated carbocycles. The van der Waals surface area contributed by atoms with Crippen LogP contribution in [0.15, 0.2) is 29.3 Å². The van der Waals surface area contributed by atoms with Gasteiger partial charge in [-0.1, -0.05) is 13.0 Å². The molecule has 3 aromatic rings. The third-order valence-corrected chi connectivity index (χ3v) is 5.08. The van der Waals surface area contributed by atoms with Crippen LogP contribution >= 0.6 is 0 Å². The van der Waals surface area contributed by atoms with Gasteiger partial charge < -0.3 is 20.3 Å². The van der Waals surface area contributed by atoms with E-state index >= 15 is 0 Å². The summed E-state index contributed by atoms with van der Waals surface area (Å²) in [5.41, 5.74) is 8.17. The van der Waals surface area contributed by atoms with Crippen LogP contribution in [0.3, 0.4) is 0 Å². The molecule has 9 nitrogen and oxygen atoms in total. The molecule has 1 fully saturated rings. The fourth-order valence-corrected chi connectivity index (χ4v) is 3.49. The topological polar surface area (TPSA) is 128 Å². The predicted molar refractivity (Wildman–Crippen MR) is 103 cm³/mol. The molecule has 3 heterocycles. The largest absolute Gasteiger partial charge is 0.491 e. The molecule has 28 heavy (non-hydrogen) atoms. The van der Waals surface area contributed by atoms with Crippen molar-refractivity contribution in [2.24, 2.45) is 0 Å². The lowest BCUT2D eigenvalue weighted by atomic mass is 10.1. The molecule has 0 amide bonds. The number of ether oxygens (including phenoxy) is 2. The van der Waals surface area contributed by atoms with Gasteiger partial charge in [0.05, 0.1) is 12.4 Å². The third kappa shape index (κ3) is 3.34. The van der Waals surface area contributed by atoms with Crippen LogP contribution in [0.5, 0.6) is 5.75 Å². The lowest BCUT2D eigenvalue weighted by Gasteiger charge is -2.17. The first kappa shape index (κ1) is 18.5. The van der Waals surface area contributed by atoms with Crippen LogP contribution in [-0.4, -0.2) is 43.4 Å². The van der Waals surface area contributed by atoms with Gasteiger partial charge in [0, 0.05) is 6.42 Å². The Morgan fingerprint density at radius 3 is 3.07 bits per heavy atom. The molecular formula is C19H23N5O4. The number of aromatic amines is 1. The average Bonchev–Trinajstić information content (AvgIpc) is 3.24. The highest BCUT2D eigenvalue weighted by molar-refractivity contribution is 5.70. The van der Waals surface area contributed by atoms with Crippen LogP contribution in [0.1, 0.15) is 30.7 Å². The zero-order chi connectivity index (χ0) is 19.8. The van der Waals surface area contributed by atoms with Crippen LogP contribution in [0.25, 0.3) is 11.2 Å². The molecule has 0 unspecified atom stereocenters. The summed E-state index contributed by atoms with van der Waals surface area (Å²) in [6.07, 6.45) is 1.01. The highest BCUT2D eigenvalue weighted by atomic mass is 16.6. The number of hydrogen-bond acceptors (Lipinski definition) is 7. The number of benzene rings is 1. The highest BCUT2D eigenvalue weighted by Gasteiger charge is 2.36. The fourth-order valence-electron chi connectivity index (χ4n) is 3.49. The molecule has 0 radical (unpaired) electrons. The predicted octanol–water partition coefficient (Wildman–Crippen LogP) is 1.30. The van der Waals surface area contributed by atoms with Gasteiger partial charge >= 0.3 is 0 Å². The van der Waals surface area contributed by atoms with E-state index in [9.17, 15) is 9.90 Å². The molecule has 1 aromatic carbocycles. The highest BCUT2D eigenvalue weighted by Crippen LogP contribution is 2.31. The molecule has 0 spiro atoms. The maximum absolute atomic E-state index is 11.9. The van der Waals surface area contributed by atoms with E-state index in [1.165, 1.54) is 17.5 Å². The molecular weight excluding hydrogens is 362 g/mol. The van der Waals surface area contributed by atoms with Crippen LogP contribution in [0, 0.1) is 6.92 Å². The molecule has 0 aliphatic carbocycles. The number of nitrogen functional groups attached to an aromatic ring is 1. The van der Waals surface area contributed by atoms with E-state index in [1.54, 1.807) is 4.57 Å². The molecule has 1 aliphatic rings. The number of H-pyrrole nitrogens is 1. The smallest absolute Gasteiger partial charge is 0.280 e. The van der Waals surface area contributed by atoms with Crippen molar-refractivity contribution in [3.05, 3.63) is 46.0 Å². The number of nitrogens with zero attached hydrogens (tertiary/aromatic N) is 3. The minimum absolute atomic E-state index is 0.00350. The van der Waals surface area contributed by atoms with E-state index in [4.69, 9.17) is 15.2 Å². The van der Waals surface area contributed by atoms with Crippen LogP contribution in [0.2, 0.25) is 0 Å². The van der Waals surface area contributed by atoms with Crippen molar-refractivity contribution in [1.82, 2.24) is 19.5 Å². The number of fused-ring (bicyclic) bond motifs is 1. The van der Waals surface area contributed by atoms with E-state index < -0.39 is 24.0 Å². The van der Waals surface area contributed by atoms with E-state index in [1.807, 2.05) is 18.2 Å². The average molecular weight is 385 g/mol. The summed E-state index contributed by atoms with van der Waals surface area (Å²) in [5.74, 6) is 0.750. The lowest BCUT2D eigenvalue weighted by molar-refractivity contribution is -0.0381. The monoisotopic (exact) mass is 385 g/mol. The number of anilines is 1. The first-order valence-electron chi connectivity index (χ1n) is 9.24. The molecule has 2 aromatic heterocycles. The Labute approximate surface area is 161 Å². The number of aromatic nitrogens is 4. The molecule has 4 N–H and O–H groups in total. The number of hydrogen-bond donors (Lipinski definition) is 3. The zero-order valence-corrected chi connectivity index (χ0v) is 15.8. The first-order valence-corrected chi connectivity index (χ1v) is 9.24. The number of aliphatic hydroxyl groups is 1. The van der Waals surface area contributed by atoms with Crippen LogP contribution in [-0.2, 0) is 11.2 Å². The quantitative estimate of drug-likeness (QED) is 0.604. The first-order chi connectivity index (χ1) is 13.5.